The Kier molecular flexibility index (Phi) is 3.96. The van der Waals surface area contributed by atoms with Gasteiger partial charge in [-0.3, -0.25) is 0 Å². The highest BCUT2D eigenvalue weighted by molar-refractivity contribution is 4.91. The number of imidazole rings is 1. The minimum absolute atomic E-state index is 0.148. The van der Waals surface area contributed by atoms with Crippen molar-refractivity contribution in [2.75, 3.05) is 20.2 Å². The van der Waals surface area contributed by atoms with Crippen LogP contribution in [-0.4, -0.2) is 35.4 Å². The monoisotopic (exact) mass is 223 g/mol. The molecule has 0 aliphatic heterocycles. The van der Waals surface area contributed by atoms with Gasteiger partial charge in [-0.15, -0.1) is 0 Å². The Bertz CT molecular complexity index is 288. The fourth-order valence-corrected chi connectivity index (χ4v) is 2.15. The minimum atomic E-state index is 0.148. The van der Waals surface area contributed by atoms with E-state index in [2.05, 4.69) is 14.9 Å². The van der Waals surface area contributed by atoms with E-state index in [1.165, 1.54) is 19.3 Å². The van der Waals surface area contributed by atoms with Gasteiger partial charge in [0.15, 0.2) is 0 Å². The molecule has 0 atom stereocenters. The fourth-order valence-electron chi connectivity index (χ4n) is 2.15. The molecule has 4 heteroatoms. The Labute approximate surface area is 97.0 Å². The van der Waals surface area contributed by atoms with Gasteiger partial charge in [0.25, 0.3) is 0 Å². The molecule has 0 saturated heterocycles. The summed E-state index contributed by atoms with van der Waals surface area (Å²) in [5, 5.41) is 3.48. The maximum Gasteiger partial charge on any atom is 0.0945 e. The van der Waals surface area contributed by atoms with Gasteiger partial charge in [0.2, 0.25) is 0 Å². The zero-order valence-electron chi connectivity index (χ0n) is 9.98. The van der Waals surface area contributed by atoms with Crippen molar-refractivity contribution in [3.8, 4) is 0 Å². The molecular formula is C12H21N3O. The maximum atomic E-state index is 5.55. The molecule has 4 nitrogen and oxygen atoms in total. The van der Waals surface area contributed by atoms with E-state index in [4.69, 9.17) is 4.74 Å². The molecule has 0 unspecified atom stereocenters. The smallest absolute Gasteiger partial charge is 0.0945 e. The second kappa shape index (κ2) is 5.46. The van der Waals surface area contributed by atoms with Crippen LogP contribution >= 0.6 is 0 Å². The van der Waals surface area contributed by atoms with E-state index >= 15 is 0 Å². The van der Waals surface area contributed by atoms with Crippen molar-refractivity contribution in [3.05, 3.63) is 18.7 Å². The molecule has 1 aliphatic carbocycles. The average Bonchev–Trinajstić information content (AvgIpc) is 2.74. The van der Waals surface area contributed by atoms with Gasteiger partial charge >= 0.3 is 0 Å². The van der Waals surface area contributed by atoms with Crippen LogP contribution in [0.1, 0.15) is 25.7 Å². The van der Waals surface area contributed by atoms with Gasteiger partial charge in [-0.05, 0) is 32.2 Å². The van der Waals surface area contributed by atoms with E-state index in [0.717, 1.165) is 26.1 Å². The largest absolute Gasteiger partial charge is 0.377 e. The quantitative estimate of drug-likeness (QED) is 0.711. The molecule has 1 fully saturated rings. The molecule has 0 bridgehead atoms. The van der Waals surface area contributed by atoms with Crippen LogP contribution < -0.4 is 5.32 Å². The molecule has 0 amide bonds. The van der Waals surface area contributed by atoms with Crippen molar-refractivity contribution in [2.24, 2.45) is 0 Å². The molecule has 1 N–H and O–H groups in total. The summed E-state index contributed by atoms with van der Waals surface area (Å²) in [6.07, 6.45) is 10.5. The molecule has 2 rings (SSSR count). The average molecular weight is 223 g/mol. The molecule has 0 aromatic carbocycles. The number of ether oxygens (including phenoxy) is 1. The lowest BCUT2D eigenvalue weighted by molar-refractivity contribution is -0.0692. The summed E-state index contributed by atoms with van der Waals surface area (Å²) in [5.41, 5.74) is 0.148. The molecule has 1 aromatic rings. The van der Waals surface area contributed by atoms with Crippen LogP contribution in [0.3, 0.4) is 0 Å². The van der Waals surface area contributed by atoms with Crippen LogP contribution in [0.5, 0.6) is 0 Å². The second-order valence-electron chi connectivity index (χ2n) is 4.57. The first-order chi connectivity index (χ1) is 7.85. The fraction of sp³-hybridized carbons (Fsp3) is 0.750. The lowest BCUT2D eigenvalue weighted by Gasteiger charge is -2.40. The van der Waals surface area contributed by atoms with Crippen molar-refractivity contribution in [1.82, 2.24) is 14.9 Å². The number of aryl methyl sites for hydroxylation is 1. The third-order valence-corrected chi connectivity index (χ3v) is 3.47. The van der Waals surface area contributed by atoms with Gasteiger partial charge in [-0.1, -0.05) is 0 Å². The number of nitrogens with zero attached hydrogens (tertiary/aromatic N) is 2. The summed E-state index contributed by atoms with van der Waals surface area (Å²) in [6, 6.07) is 0. The zero-order valence-corrected chi connectivity index (χ0v) is 9.98. The Morgan fingerprint density at radius 2 is 2.38 bits per heavy atom. The molecular weight excluding hydrogens is 202 g/mol. The van der Waals surface area contributed by atoms with Crippen molar-refractivity contribution >= 4 is 0 Å². The normalized spacial score (nSPS) is 18.3. The molecule has 0 radical (unpaired) electrons. The number of methoxy groups -OCH3 is 1. The van der Waals surface area contributed by atoms with E-state index in [-0.39, 0.29) is 5.60 Å². The lowest BCUT2D eigenvalue weighted by atomic mass is 9.80. The summed E-state index contributed by atoms with van der Waals surface area (Å²) < 4.78 is 7.66. The first kappa shape index (κ1) is 11.6. The Morgan fingerprint density at radius 3 is 2.94 bits per heavy atom. The SMILES string of the molecule is COC1(CNCCCn2ccnc2)CCC1. The van der Waals surface area contributed by atoms with E-state index in [1.54, 1.807) is 0 Å². The van der Waals surface area contributed by atoms with Gasteiger partial charge in [-0.25, -0.2) is 4.98 Å². The Balaban J connectivity index is 1.55. The predicted molar refractivity (Wildman–Crippen MR) is 63.3 cm³/mol. The number of rotatable bonds is 7. The molecule has 1 aromatic heterocycles. The zero-order chi connectivity index (χ0) is 11.3. The molecule has 1 aliphatic rings. The van der Waals surface area contributed by atoms with Crippen molar-refractivity contribution in [2.45, 2.75) is 37.8 Å². The minimum Gasteiger partial charge on any atom is -0.377 e. The summed E-state index contributed by atoms with van der Waals surface area (Å²) in [6.45, 7) is 3.07. The van der Waals surface area contributed by atoms with Crippen molar-refractivity contribution in [1.29, 1.82) is 0 Å². The first-order valence-electron chi connectivity index (χ1n) is 6.06. The maximum absolute atomic E-state index is 5.55. The number of aromatic nitrogens is 2. The van der Waals surface area contributed by atoms with Crippen LogP contribution in [0.25, 0.3) is 0 Å². The van der Waals surface area contributed by atoms with Crippen LogP contribution in [0, 0.1) is 0 Å². The van der Waals surface area contributed by atoms with Crippen LogP contribution in [0.4, 0.5) is 0 Å². The van der Waals surface area contributed by atoms with E-state index < -0.39 is 0 Å². The van der Waals surface area contributed by atoms with Crippen LogP contribution in [-0.2, 0) is 11.3 Å². The van der Waals surface area contributed by atoms with Gasteiger partial charge in [-0.2, -0.15) is 0 Å². The Morgan fingerprint density at radius 1 is 1.50 bits per heavy atom. The van der Waals surface area contributed by atoms with E-state index in [9.17, 15) is 0 Å². The highest BCUT2D eigenvalue weighted by Crippen LogP contribution is 2.34. The van der Waals surface area contributed by atoms with Gasteiger partial charge in [0, 0.05) is 32.6 Å². The topological polar surface area (TPSA) is 39.1 Å². The standard InChI is InChI=1S/C12H21N3O/c1-16-12(4-2-5-12)10-13-6-3-8-15-9-7-14-11-15/h7,9,11,13H,2-6,8,10H2,1H3. The highest BCUT2D eigenvalue weighted by Gasteiger charge is 2.36. The van der Waals surface area contributed by atoms with E-state index in [1.807, 2.05) is 25.8 Å². The molecule has 1 saturated carbocycles. The molecule has 90 valence electrons. The number of hydrogen-bond donors (Lipinski definition) is 1. The van der Waals surface area contributed by atoms with Gasteiger partial charge in [0.05, 0.1) is 11.9 Å². The number of nitrogens with one attached hydrogen (secondary N) is 1. The third-order valence-electron chi connectivity index (χ3n) is 3.47. The second-order valence-corrected chi connectivity index (χ2v) is 4.57. The van der Waals surface area contributed by atoms with Crippen molar-refractivity contribution < 1.29 is 4.74 Å². The summed E-state index contributed by atoms with van der Waals surface area (Å²) in [5.74, 6) is 0. The Hall–Kier alpha value is -0.870. The van der Waals surface area contributed by atoms with Crippen molar-refractivity contribution in [3.63, 3.8) is 0 Å². The molecule has 16 heavy (non-hydrogen) atoms. The third kappa shape index (κ3) is 2.83. The first-order valence-corrected chi connectivity index (χ1v) is 6.06. The van der Waals surface area contributed by atoms with E-state index in [0.29, 0.717) is 0 Å². The summed E-state index contributed by atoms with van der Waals surface area (Å²) in [7, 11) is 1.83. The van der Waals surface area contributed by atoms with Crippen LogP contribution in [0.15, 0.2) is 18.7 Å². The predicted octanol–water partition coefficient (Wildman–Crippen LogP) is 1.43. The summed E-state index contributed by atoms with van der Waals surface area (Å²) in [4.78, 5) is 4.02. The van der Waals surface area contributed by atoms with Gasteiger partial charge in [0.1, 0.15) is 0 Å². The molecule has 0 spiro atoms. The lowest BCUT2D eigenvalue weighted by Crippen LogP contribution is -2.48. The summed E-state index contributed by atoms with van der Waals surface area (Å²) >= 11 is 0. The van der Waals surface area contributed by atoms with Crippen LogP contribution in [0.2, 0.25) is 0 Å². The number of hydrogen-bond acceptors (Lipinski definition) is 3. The molecule has 1 heterocycles. The highest BCUT2D eigenvalue weighted by atomic mass is 16.5. The van der Waals surface area contributed by atoms with Gasteiger partial charge < -0.3 is 14.6 Å².